The molecular weight excluding hydrogens is 263 g/mol. The number of nitrogens with zero attached hydrogens (tertiary/aromatic N) is 1. The van der Waals surface area contributed by atoms with E-state index in [0.717, 1.165) is 9.13 Å². The first-order valence-electron chi connectivity index (χ1n) is 3.60. The smallest absolute Gasteiger partial charge is 0.121 e. The average Bonchev–Trinajstić information content (AvgIpc) is 2.07. The maximum absolute atomic E-state index is 8.76. The summed E-state index contributed by atoms with van der Waals surface area (Å²) < 4.78 is 1.15. The number of halogens is 1. The van der Waals surface area contributed by atoms with Crippen LogP contribution in [0.5, 0.6) is 0 Å². The topological polar surface area (TPSA) is 35.8 Å². The first-order valence-corrected chi connectivity index (χ1v) is 4.68. The van der Waals surface area contributed by atoms with Crippen molar-refractivity contribution in [2.75, 3.05) is 7.05 Å². The van der Waals surface area contributed by atoms with Crippen molar-refractivity contribution in [3.8, 4) is 6.07 Å². The molecule has 0 saturated carbocycles. The van der Waals surface area contributed by atoms with E-state index in [2.05, 4.69) is 34.0 Å². The van der Waals surface area contributed by atoms with Crippen molar-refractivity contribution in [2.45, 2.75) is 6.04 Å². The van der Waals surface area contributed by atoms with Crippen LogP contribution in [0.2, 0.25) is 0 Å². The highest BCUT2D eigenvalue weighted by Crippen LogP contribution is 2.14. The van der Waals surface area contributed by atoms with Crippen LogP contribution in [0.25, 0.3) is 0 Å². The van der Waals surface area contributed by atoms with Crippen molar-refractivity contribution in [1.82, 2.24) is 5.32 Å². The molecule has 1 aromatic carbocycles. The number of nitrogens with one attached hydrogen (secondary N) is 1. The molecule has 1 N–H and O–H groups in total. The lowest BCUT2D eigenvalue weighted by molar-refractivity contribution is 0.727. The molecule has 12 heavy (non-hydrogen) atoms. The molecule has 1 rings (SSSR count). The Balaban J connectivity index is 2.95. The minimum atomic E-state index is -0.195. The zero-order valence-corrected chi connectivity index (χ0v) is 8.87. The minimum Gasteiger partial charge on any atom is -0.301 e. The maximum atomic E-state index is 8.76. The summed E-state index contributed by atoms with van der Waals surface area (Å²) in [5, 5.41) is 11.7. The highest BCUT2D eigenvalue weighted by Gasteiger charge is 2.06. The third-order valence-corrected chi connectivity index (χ3v) is 2.27. The van der Waals surface area contributed by atoms with Crippen LogP contribution in [-0.4, -0.2) is 7.05 Å². The Hall–Kier alpha value is -0.600. The third kappa shape index (κ3) is 2.19. The number of hydrogen-bond donors (Lipinski definition) is 1. The molecule has 62 valence electrons. The fourth-order valence-corrected chi connectivity index (χ4v) is 1.56. The summed E-state index contributed by atoms with van der Waals surface area (Å²) >= 11 is 2.23. The van der Waals surface area contributed by atoms with Gasteiger partial charge in [-0.3, -0.25) is 0 Å². The van der Waals surface area contributed by atoms with Gasteiger partial charge in [0.1, 0.15) is 6.04 Å². The van der Waals surface area contributed by atoms with E-state index in [1.165, 1.54) is 0 Å². The molecular formula is C9H9IN2. The van der Waals surface area contributed by atoms with Crippen LogP contribution >= 0.6 is 22.6 Å². The van der Waals surface area contributed by atoms with Crippen molar-refractivity contribution in [1.29, 1.82) is 5.26 Å². The van der Waals surface area contributed by atoms with Crippen molar-refractivity contribution in [2.24, 2.45) is 0 Å². The van der Waals surface area contributed by atoms with Crippen molar-refractivity contribution in [3.05, 3.63) is 33.4 Å². The lowest BCUT2D eigenvalue weighted by atomic mass is 10.1. The fourth-order valence-electron chi connectivity index (χ4n) is 0.992. The molecule has 0 bridgehead atoms. The molecule has 0 fully saturated rings. The van der Waals surface area contributed by atoms with Gasteiger partial charge in [-0.15, -0.1) is 0 Å². The monoisotopic (exact) mass is 272 g/mol. The van der Waals surface area contributed by atoms with E-state index in [0.29, 0.717) is 0 Å². The SMILES string of the molecule is CNC(C#N)c1cccc(I)c1. The Labute approximate surface area is 85.7 Å². The molecule has 0 heterocycles. The predicted molar refractivity (Wildman–Crippen MR) is 56.6 cm³/mol. The van der Waals surface area contributed by atoms with Crippen molar-refractivity contribution >= 4 is 22.6 Å². The van der Waals surface area contributed by atoms with E-state index >= 15 is 0 Å². The second kappa shape index (κ2) is 4.43. The van der Waals surface area contributed by atoms with Crippen LogP contribution in [0, 0.1) is 14.9 Å². The zero-order chi connectivity index (χ0) is 8.97. The second-order valence-electron chi connectivity index (χ2n) is 2.41. The van der Waals surface area contributed by atoms with Gasteiger partial charge in [0, 0.05) is 3.57 Å². The van der Waals surface area contributed by atoms with Crippen LogP contribution in [0.3, 0.4) is 0 Å². The van der Waals surface area contributed by atoms with Gasteiger partial charge in [-0.1, -0.05) is 12.1 Å². The molecule has 1 aromatic rings. The molecule has 0 aromatic heterocycles. The Morgan fingerprint density at radius 2 is 2.33 bits per heavy atom. The van der Waals surface area contributed by atoms with Crippen LogP contribution < -0.4 is 5.32 Å². The van der Waals surface area contributed by atoms with Gasteiger partial charge in [0.25, 0.3) is 0 Å². The Morgan fingerprint density at radius 3 is 2.83 bits per heavy atom. The van der Waals surface area contributed by atoms with E-state index in [1.807, 2.05) is 24.3 Å². The predicted octanol–water partition coefficient (Wildman–Crippen LogP) is 2.08. The fraction of sp³-hybridized carbons (Fsp3) is 0.222. The van der Waals surface area contributed by atoms with Crippen LogP contribution in [0.4, 0.5) is 0 Å². The minimum absolute atomic E-state index is 0.195. The van der Waals surface area contributed by atoms with Gasteiger partial charge >= 0.3 is 0 Å². The van der Waals surface area contributed by atoms with Gasteiger partial charge in [0.15, 0.2) is 0 Å². The standard InChI is InChI=1S/C9H9IN2/c1-12-9(6-11)7-3-2-4-8(10)5-7/h2-5,9,12H,1H3. The molecule has 1 unspecified atom stereocenters. The van der Waals surface area contributed by atoms with Crippen LogP contribution in [0.15, 0.2) is 24.3 Å². The summed E-state index contributed by atoms with van der Waals surface area (Å²) in [5.74, 6) is 0. The van der Waals surface area contributed by atoms with Gasteiger partial charge in [-0.2, -0.15) is 5.26 Å². The van der Waals surface area contributed by atoms with Gasteiger partial charge in [0.2, 0.25) is 0 Å². The van der Waals surface area contributed by atoms with Crippen molar-refractivity contribution < 1.29 is 0 Å². The van der Waals surface area contributed by atoms with Crippen molar-refractivity contribution in [3.63, 3.8) is 0 Å². The maximum Gasteiger partial charge on any atom is 0.121 e. The normalized spacial score (nSPS) is 12.1. The first-order chi connectivity index (χ1) is 5.77. The highest BCUT2D eigenvalue weighted by molar-refractivity contribution is 14.1. The summed E-state index contributed by atoms with van der Waals surface area (Å²) in [4.78, 5) is 0. The van der Waals surface area contributed by atoms with E-state index in [4.69, 9.17) is 5.26 Å². The summed E-state index contributed by atoms with van der Waals surface area (Å²) in [7, 11) is 1.79. The van der Waals surface area contributed by atoms with E-state index < -0.39 is 0 Å². The summed E-state index contributed by atoms with van der Waals surface area (Å²) in [6, 6.07) is 9.91. The number of nitriles is 1. The highest BCUT2D eigenvalue weighted by atomic mass is 127. The molecule has 0 radical (unpaired) electrons. The Morgan fingerprint density at radius 1 is 1.58 bits per heavy atom. The van der Waals surface area contributed by atoms with Gasteiger partial charge in [0.05, 0.1) is 6.07 Å². The summed E-state index contributed by atoms with van der Waals surface area (Å²) in [5.41, 5.74) is 1.02. The number of hydrogen-bond acceptors (Lipinski definition) is 2. The van der Waals surface area contributed by atoms with E-state index in [1.54, 1.807) is 7.05 Å². The van der Waals surface area contributed by atoms with E-state index in [9.17, 15) is 0 Å². The number of rotatable bonds is 2. The first kappa shape index (κ1) is 9.49. The lowest BCUT2D eigenvalue weighted by Crippen LogP contribution is -2.13. The molecule has 1 atom stereocenters. The largest absolute Gasteiger partial charge is 0.301 e. The molecule has 0 amide bonds. The quantitative estimate of drug-likeness (QED) is 0.837. The average molecular weight is 272 g/mol. The van der Waals surface area contributed by atoms with E-state index in [-0.39, 0.29) is 6.04 Å². The van der Waals surface area contributed by atoms with Crippen LogP contribution in [-0.2, 0) is 0 Å². The van der Waals surface area contributed by atoms with Gasteiger partial charge in [-0.05, 0) is 47.3 Å². The molecule has 3 heteroatoms. The summed E-state index contributed by atoms with van der Waals surface area (Å²) in [6.45, 7) is 0. The molecule has 0 aliphatic heterocycles. The Bertz CT molecular complexity index is 304. The third-order valence-electron chi connectivity index (χ3n) is 1.60. The zero-order valence-electron chi connectivity index (χ0n) is 6.71. The molecule has 0 spiro atoms. The Kier molecular flexibility index (Phi) is 3.50. The molecule has 2 nitrogen and oxygen atoms in total. The van der Waals surface area contributed by atoms with Gasteiger partial charge in [-0.25, -0.2) is 0 Å². The molecule has 0 aliphatic rings. The van der Waals surface area contributed by atoms with Crippen LogP contribution in [0.1, 0.15) is 11.6 Å². The second-order valence-corrected chi connectivity index (χ2v) is 3.65. The number of benzene rings is 1. The van der Waals surface area contributed by atoms with Gasteiger partial charge < -0.3 is 5.32 Å². The molecule has 0 aliphatic carbocycles. The summed E-state index contributed by atoms with van der Waals surface area (Å²) in [6.07, 6.45) is 0. The molecule has 0 saturated heterocycles. The lowest BCUT2D eigenvalue weighted by Gasteiger charge is -2.07.